The zero-order valence-electron chi connectivity index (χ0n) is 14.4. The number of rotatable bonds is 6. The van der Waals surface area contributed by atoms with E-state index in [2.05, 4.69) is 29.5 Å². The molecular formula is C20H21N3OS. The first-order valence-corrected chi connectivity index (χ1v) is 9.11. The van der Waals surface area contributed by atoms with E-state index in [0.717, 1.165) is 17.1 Å². The van der Waals surface area contributed by atoms with Crippen LogP contribution in [0.1, 0.15) is 28.5 Å². The van der Waals surface area contributed by atoms with Gasteiger partial charge in [0.25, 0.3) is 5.91 Å². The van der Waals surface area contributed by atoms with Crippen molar-refractivity contribution in [3.8, 4) is 0 Å². The van der Waals surface area contributed by atoms with Crippen LogP contribution < -0.4 is 5.32 Å². The van der Waals surface area contributed by atoms with Crippen molar-refractivity contribution in [3.63, 3.8) is 0 Å². The Labute approximate surface area is 152 Å². The molecule has 0 radical (unpaired) electrons. The maximum atomic E-state index is 12.3. The van der Waals surface area contributed by atoms with Crippen LogP contribution in [0.25, 0.3) is 0 Å². The summed E-state index contributed by atoms with van der Waals surface area (Å²) in [6.07, 6.45) is 1.92. The summed E-state index contributed by atoms with van der Waals surface area (Å²) in [4.78, 5) is 14.6. The second-order valence-electron chi connectivity index (χ2n) is 5.74. The van der Waals surface area contributed by atoms with Crippen LogP contribution in [0.4, 0.5) is 0 Å². The molecule has 0 fully saturated rings. The predicted octanol–water partition coefficient (Wildman–Crippen LogP) is 4.29. The van der Waals surface area contributed by atoms with Gasteiger partial charge < -0.3 is 5.32 Å². The van der Waals surface area contributed by atoms with E-state index in [0.29, 0.717) is 12.1 Å². The van der Waals surface area contributed by atoms with Crippen molar-refractivity contribution in [1.82, 2.24) is 15.1 Å². The van der Waals surface area contributed by atoms with Crippen molar-refractivity contribution in [3.05, 3.63) is 77.6 Å². The highest BCUT2D eigenvalue weighted by atomic mass is 32.2. The summed E-state index contributed by atoms with van der Waals surface area (Å²) in [5.74, 6) is -0.0847. The molecule has 0 saturated carbocycles. The molecule has 0 aliphatic rings. The third-order valence-corrected chi connectivity index (χ3v) is 5.07. The highest BCUT2D eigenvalue weighted by Crippen LogP contribution is 2.30. The highest BCUT2D eigenvalue weighted by Gasteiger charge is 2.07. The first-order chi connectivity index (χ1) is 12.2. The van der Waals surface area contributed by atoms with Gasteiger partial charge in [-0.15, -0.1) is 0 Å². The first-order valence-electron chi connectivity index (χ1n) is 8.30. The summed E-state index contributed by atoms with van der Waals surface area (Å²) in [6, 6.07) is 17.9. The predicted molar refractivity (Wildman–Crippen MR) is 101 cm³/mol. The molecule has 1 heterocycles. The van der Waals surface area contributed by atoms with Gasteiger partial charge in [0.2, 0.25) is 0 Å². The second kappa shape index (κ2) is 8.03. The number of aryl methyl sites for hydroxylation is 2. The average Bonchev–Trinajstić information content (AvgIpc) is 3.10. The highest BCUT2D eigenvalue weighted by molar-refractivity contribution is 7.99. The molecule has 1 amide bonds. The summed E-state index contributed by atoms with van der Waals surface area (Å²) in [7, 11) is 0. The van der Waals surface area contributed by atoms with E-state index in [-0.39, 0.29) is 5.91 Å². The van der Waals surface area contributed by atoms with Gasteiger partial charge in [0, 0.05) is 28.1 Å². The van der Waals surface area contributed by atoms with Gasteiger partial charge in [0.15, 0.2) is 0 Å². The Kier molecular flexibility index (Phi) is 5.56. The van der Waals surface area contributed by atoms with Crippen molar-refractivity contribution in [2.45, 2.75) is 36.7 Å². The standard InChI is InChI=1S/C20H21N3OS/c1-3-23-13-12-17(22-23)14-21-20(24)16-8-10-18(11-9-16)25-19-7-5-4-6-15(19)2/h4-13H,3,14H2,1-2H3,(H,21,24). The maximum absolute atomic E-state index is 12.3. The monoisotopic (exact) mass is 351 g/mol. The number of carbonyl (C=O) groups is 1. The number of carbonyl (C=O) groups excluding carboxylic acids is 1. The Morgan fingerprint density at radius 2 is 1.88 bits per heavy atom. The summed E-state index contributed by atoms with van der Waals surface area (Å²) in [5.41, 5.74) is 2.77. The molecule has 25 heavy (non-hydrogen) atoms. The molecule has 1 N–H and O–H groups in total. The Morgan fingerprint density at radius 1 is 1.12 bits per heavy atom. The average molecular weight is 351 g/mol. The molecule has 0 unspecified atom stereocenters. The molecule has 0 bridgehead atoms. The van der Waals surface area contributed by atoms with E-state index in [9.17, 15) is 4.79 Å². The summed E-state index contributed by atoms with van der Waals surface area (Å²) in [6.45, 7) is 5.40. The van der Waals surface area contributed by atoms with Gasteiger partial charge in [-0.2, -0.15) is 5.10 Å². The van der Waals surface area contributed by atoms with Gasteiger partial charge >= 0.3 is 0 Å². The number of benzene rings is 2. The molecule has 4 nitrogen and oxygen atoms in total. The van der Waals surface area contributed by atoms with Crippen molar-refractivity contribution in [2.75, 3.05) is 0 Å². The van der Waals surface area contributed by atoms with Crippen LogP contribution in [-0.2, 0) is 13.1 Å². The van der Waals surface area contributed by atoms with E-state index in [1.807, 2.05) is 60.3 Å². The third-order valence-electron chi connectivity index (χ3n) is 3.89. The van der Waals surface area contributed by atoms with Crippen LogP contribution in [0.3, 0.4) is 0 Å². The molecule has 1 aromatic heterocycles. The van der Waals surface area contributed by atoms with Crippen LogP contribution in [-0.4, -0.2) is 15.7 Å². The molecule has 128 valence electrons. The fourth-order valence-electron chi connectivity index (χ4n) is 2.42. The van der Waals surface area contributed by atoms with Crippen LogP contribution in [0, 0.1) is 6.92 Å². The molecule has 0 aliphatic heterocycles. The summed E-state index contributed by atoms with van der Waals surface area (Å²) >= 11 is 1.71. The van der Waals surface area contributed by atoms with Gasteiger partial charge in [-0.05, 0) is 55.8 Å². The minimum absolute atomic E-state index is 0.0847. The smallest absolute Gasteiger partial charge is 0.251 e. The maximum Gasteiger partial charge on any atom is 0.251 e. The lowest BCUT2D eigenvalue weighted by Gasteiger charge is -2.07. The number of amides is 1. The number of hydrogen-bond acceptors (Lipinski definition) is 3. The summed E-state index contributed by atoms with van der Waals surface area (Å²) < 4.78 is 1.85. The number of aromatic nitrogens is 2. The SMILES string of the molecule is CCn1ccc(CNC(=O)c2ccc(Sc3ccccc3C)cc2)n1. The largest absolute Gasteiger partial charge is 0.346 e. The van der Waals surface area contributed by atoms with Gasteiger partial charge in [-0.1, -0.05) is 30.0 Å². The quantitative estimate of drug-likeness (QED) is 0.720. The van der Waals surface area contributed by atoms with Crippen LogP contribution in [0.15, 0.2) is 70.6 Å². The fourth-order valence-corrected chi connectivity index (χ4v) is 3.32. The Bertz CT molecular complexity index is 855. The van der Waals surface area contributed by atoms with E-state index in [4.69, 9.17) is 0 Å². The van der Waals surface area contributed by atoms with Crippen molar-refractivity contribution < 1.29 is 4.79 Å². The van der Waals surface area contributed by atoms with Crippen molar-refractivity contribution in [1.29, 1.82) is 0 Å². The zero-order valence-corrected chi connectivity index (χ0v) is 15.2. The van der Waals surface area contributed by atoms with Gasteiger partial charge in [0.05, 0.1) is 12.2 Å². The van der Waals surface area contributed by atoms with E-state index >= 15 is 0 Å². The summed E-state index contributed by atoms with van der Waals surface area (Å²) in [5, 5.41) is 7.27. The fraction of sp³-hybridized carbons (Fsp3) is 0.200. The number of nitrogens with zero attached hydrogens (tertiary/aromatic N) is 2. The number of nitrogens with one attached hydrogen (secondary N) is 1. The lowest BCUT2D eigenvalue weighted by atomic mass is 10.2. The lowest BCUT2D eigenvalue weighted by molar-refractivity contribution is 0.0950. The molecule has 3 rings (SSSR count). The van der Waals surface area contributed by atoms with Crippen LogP contribution in [0.2, 0.25) is 0 Å². The van der Waals surface area contributed by atoms with Crippen LogP contribution >= 0.6 is 11.8 Å². The molecule has 2 aromatic carbocycles. The molecule has 0 saturated heterocycles. The first kappa shape index (κ1) is 17.3. The van der Waals surface area contributed by atoms with Gasteiger partial charge in [-0.3, -0.25) is 9.48 Å². The minimum Gasteiger partial charge on any atom is -0.346 e. The van der Waals surface area contributed by atoms with Crippen molar-refractivity contribution in [2.24, 2.45) is 0 Å². The molecule has 0 aliphatic carbocycles. The van der Waals surface area contributed by atoms with E-state index < -0.39 is 0 Å². The van der Waals surface area contributed by atoms with Gasteiger partial charge in [-0.25, -0.2) is 0 Å². The van der Waals surface area contributed by atoms with Gasteiger partial charge in [0.1, 0.15) is 0 Å². The molecule has 3 aromatic rings. The molecule has 0 spiro atoms. The topological polar surface area (TPSA) is 46.9 Å². The molecular weight excluding hydrogens is 330 g/mol. The molecule has 5 heteroatoms. The van der Waals surface area contributed by atoms with E-state index in [1.165, 1.54) is 10.5 Å². The zero-order chi connectivity index (χ0) is 17.6. The van der Waals surface area contributed by atoms with E-state index in [1.54, 1.807) is 11.8 Å². The Balaban J connectivity index is 1.59. The van der Waals surface area contributed by atoms with Crippen LogP contribution in [0.5, 0.6) is 0 Å². The van der Waals surface area contributed by atoms with Crippen molar-refractivity contribution >= 4 is 17.7 Å². The molecule has 0 atom stereocenters. The third kappa shape index (κ3) is 4.51. The normalized spacial score (nSPS) is 10.6. The lowest BCUT2D eigenvalue weighted by Crippen LogP contribution is -2.23. The second-order valence-corrected chi connectivity index (χ2v) is 6.85. The number of hydrogen-bond donors (Lipinski definition) is 1. The Morgan fingerprint density at radius 3 is 2.56 bits per heavy atom. The minimum atomic E-state index is -0.0847. The Hall–Kier alpha value is -2.53.